The fourth-order valence-electron chi connectivity index (χ4n) is 2.89. The topological polar surface area (TPSA) is 90.0 Å². The van der Waals surface area contributed by atoms with Crippen molar-refractivity contribution in [2.24, 2.45) is 18.7 Å². The summed E-state index contributed by atoms with van der Waals surface area (Å²) in [6, 6.07) is 0. The lowest BCUT2D eigenvalue weighted by Crippen LogP contribution is -2.59. The van der Waals surface area contributed by atoms with Crippen LogP contribution in [0.3, 0.4) is 0 Å². The summed E-state index contributed by atoms with van der Waals surface area (Å²) in [6.07, 6.45) is 5.46. The summed E-state index contributed by atoms with van der Waals surface area (Å²) in [5.74, 6) is 0.907. The molecule has 2 unspecified atom stereocenters. The van der Waals surface area contributed by atoms with Gasteiger partial charge in [0, 0.05) is 25.3 Å². The Morgan fingerprint density at radius 1 is 1.52 bits per heavy atom. The summed E-state index contributed by atoms with van der Waals surface area (Å²) in [7, 11) is -1.85. The molecule has 1 aliphatic carbocycles. The predicted molar refractivity (Wildman–Crippen MR) is 84.9 cm³/mol. The van der Waals surface area contributed by atoms with Crippen LogP contribution in [0.2, 0.25) is 0 Å². The molecule has 0 spiro atoms. The first kappa shape index (κ1) is 18.4. The van der Waals surface area contributed by atoms with Crippen LogP contribution < -0.4 is 10.5 Å². The normalized spacial score (nSPS) is 26.4. The van der Waals surface area contributed by atoms with Gasteiger partial charge in [0.2, 0.25) is 0 Å². The molecule has 8 heteroatoms. The van der Waals surface area contributed by atoms with Crippen molar-refractivity contribution in [2.45, 2.75) is 50.1 Å². The van der Waals surface area contributed by atoms with E-state index in [1.807, 2.05) is 0 Å². The molecule has 3 N–H and O–H groups in total. The summed E-state index contributed by atoms with van der Waals surface area (Å²) in [6.45, 7) is 4.17. The smallest absolute Gasteiger partial charge is 0.260 e. The molecule has 21 heavy (non-hydrogen) atoms. The van der Waals surface area contributed by atoms with Crippen molar-refractivity contribution in [3.8, 4) is 0 Å². The molecular weight excluding hydrogens is 312 g/mol. The quantitative estimate of drug-likeness (QED) is 0.868. The minimum absolute atomic E-state index is 0. The standard InChI is InChI=1S/C13H24N4O2S.ClH/c1-10-6-4-5-7-13(10,9-14)16-20(18,19)12-8-17(3)11(2)15-12;/h8,10,16H,4-7,9,14H2,1-3H3;1H. The highest BCUT2D eigenvalue weighted by Gasteiger charge is 2.41. The Morgan fingerprint density at radius 2 is 2.19 bits per heavy atom. The number of imidazole rings is 1. The molecule has 1 aromatic rings. The second-order valence-corrected chi connectivity index (χ2v) is 7.48. The molecule has 0 bridgehead atoms. The van der Waals surface area contributed by atoms with Gasteiger partial charge in [0.15, 0.2) is 5.03 Å². The fraction of sp³-hybridized carbons (Fsp3) is 0.769. The number of hydrogen-bond acceptors (Lipinski definition) is 4. The zero-order valence-corrected chi connectivity index (χ0v) is 14.4. The molecule has 122 valence electrons. The van der Waals surface area contributed by atoms with Gasteiger partial charge in [-0.05, 0) is 25.7 Å². The molecule has 1 fully saturated rings. The molecule has 1 aliphatic rings. The van der Waals surface area contributed by atoms with E-state index in [4.69, 9.17) is 5.73 Å². The van der Waals surface area contributed by atoms with Gasteiger partial charge in [-0.2, -0.15) is 0 Å². The molecule has 1 saturated carbocycles. The third kappa shape index (κ3) is 3.59. The van der Waals surface area contributed by atoms with E-state index in [1.54, 1.807) is 18.5 Å². The maximum Gasteiger partial charge on any atom is 0.260 e. The Balaban J connectivity index is 0.00000220. The van der Waals surface area contributed by atoms with Crippen LogP contribution >= 0.6 is 12.4 Å². The highest BCUT2D eigenvalue weighted by molar-refractivity contribution is 7.89. The highest BCUT2D eigenvalue weighted by Crippen LogP contribution is 2.34. The fourth-order valence-corrected chi connectivity index (χ4v) is 4.46. The van der Waals surface area contributed by atoms with E-state index in [-0.39, 0.29) is 23.4 Å². The van der Waals surface area contributed by atoms with Gasteiger partial charge in [-0.25, -0.2) is 18.1 Å². The van der Waals surface area contributed by atoms with Gasteiger partial charge >= 0.3 is 0 Å². The van der Waals surface area contributed by atoms with Gasteiger partial charge < -0.3 is 10.3 Å². The minimum atomic E-state index is -3.63. The average molecular weight is 337 g/mol. The minimum Gasteiger partial charge on any atom is -0.337 e. The van der Waals surface area contributed by atoms with E-state index >= 15 is 0 Å². The monoisotopic (exact) mass is 336 g/mol. The first-order valence-corrected chi connectivity index (χ1v) is 8.53. The van der Waals surface area contributed by atoms with Crippen LogP contribution in [0.4, 0.5) is 0 Å². The number of rotatable bonds is 4. The lowest BCUT2D eigenvalue weighted by atomic mass is 9.74. The number of hydrogen-bond donors (Lipinski definition) is 2. The molecule has 0 aliphatic heterocycles. The Hall–Kier alpha value is -0.630. The Labute approximate surface area is 133 Å². The first-order valence-electron chi connectivity index (χ1n) is 7.05. The molecule has 6 nitrogen and oxygen atoms in total. The summed E-state index contributed by atoms with van der Waals surface area (Å²) in [4.78, 5) is 4.11. The number of nitrogens with two attached hydrogens (primary N) is 1. The van der Waals surface area contributed by atoms with Crippen LogP contribution in [0.15, 0.2) is 11.2 Å². The second kappa shape index (κ2) is 6.64. The van der Waals surface area contributed by atoms with Crippen LogP contribution in [-0.2, 0) is 17.1 Å². The number of halogens is 1. The maximum atomic E-state index is 12.5. The Kier molecular flexibility index (Phi) is 5.83. The SMILES string of the molecule is Cc1nc(S(=O)(=O)NC2(CN)CCCCC2C)cn1C.Cl. The van der Waals surface area contributed by atoms with Crippen LogP contribution in [0, 0.1) is 12.8 Å². The number of nitrogens with zero attached hydrogens (tertiary/aromatic N) is 2. The second-order valence-electron chi connectivity index (χ2n) is 5.85. The van der Waals surface area contributed by atoms with Crippen LogP contribution in [-0.4, -0.2) is 30.1 Å². The van der Waals surface area contributed by atoms with E-state index in [9.17, 15) is 8.42 Å². The Bertz CT molecular complexity index is 567. The zero-order valence-electron chi connectivity index (χ0n) is 12.8. The number of aromatic nitrogens is 2. The molecule has 2 atom stereocenters. The third-order valence-electron chi connectivity index (χ3n) is 4.52. The number of sulfonamides is 1. The van der Waals surface area contributed by atoms with Crippen molar-refractivity contribution in [3.63, 3.8) is 0 Å². The van der Waals surface area contributed by atoms with Gasteiger partial charge in [-0.3, -0.25) is 0 Å². The van der Waals surface area contributed by atoms with Crippen molar-refractivity contribution in [2.75, 3.05) is 6.54 Å². The van der Waals surface area contributed by atoms with Gasteiger partial charge in [0.05, 0.1) is 0 Å². The lowest BCUT2D eigenvalue weighted by Gasteiger charge is -2.42. The zero-order chi connectivity index (χ0) is 15.0. The molecule has 1 aromatic heterocycles. The predicted octanol–water partition coefficient (Wildman–Crippen LogP) is 1.34. The summed E-state index contributed by atoms with van der Waals surface area (Å²) in [5, 5.41) is 0.0723. The van der Waals surface area contributed by atoms with Crippen molar-refractivity contribution in [1.82, 2.24) is 14.3 Å². The van der Waals surface area contributed by atoms with Crippen molar-refractivity contribution in [1.29, 1.82) is 0 Å². The Morgan fingerprint density at radius 3 is 2.67 bits per heavy atom. The van der Waals surface area contributed by atoms with Crippen molar-refractivity contribution in [3.05, 3.63) is 12.0 Å². The van der Waals surface area contributed by atoms with Crippen LogP contribution in [0.5, 0.6) is 0 Å². The van der Waals surface area contributed by atoms with E-state index in [0.29, 0.717) is 12.4 Å². The largest absolute Gasteiger partial charge is 0.337 e. The van der Waals surface area contributed by atoms with E-state index in [0.717, 1.165) is 25.7 Å². The molecule has 0 aromatic carbocycles. The van der Waals surface area contributed by atoms with E-state index < -0.39 is 15.6 Å². The van der Waals surface area contributed by atoms with E-state index in [2.05, 4.69) is 16.6 Å². The average Bonchev–Trinajstić information content (AvgIpc) is 2.73. The summed E-state index contributed by atoms with van der Waals surface area (Å²) in [5.41, 5.74) is 5.36. The van der Waals surface area contributed by atoms with Crippen molar-refractivity contribution >= 4 is 22.4 Å². The van der Waals surface area contributed by atoms with E-state index in [1.165, 1.54) is 6.20 Å². The molecule has 0 radical (unpaired) electrons. The maximum absolute atomic E-state index is 12.5. The van der Waals surface area contributed by atoms with Crippen LogP contribution in [0.25, 0.3) is 0 Å². The summed E-state index contributed by atoms with van der Waals surface area (Å²) >= 11 is 0. The lowest BCUT2D eigenvalue weighted by molar-refractivity contribution is 0.191. The molecular formula is C13H25ClN4O2S. The molecule has 0 amide bonds. The first-order chi connectivity index (χ1) is 9.31. The highest BCUT2D eigenvalue weighted by atomic mass is 35.5. The molecule has 1 heterocycles. The van der Waals surface area contributed by atoms with Gasteiger partial charge in [0.1, 0.15) is 5.82 Å². The van der Waals surface area contributed by atoms with Gasteiger partial charge in [0.25, 0.3) is 10.0 Å². The molecule has 2 rings (SSSR count). The van der Waals surface area contributed by atoms with Crippen molar-refractivity contribution < 1.29 is 8.42 Å². The van der Waals surface area contributed by atoms with Gasteiger partial charge in [-0.1, -0.05) is 19.8 Å². The number of aryl methyl sites for hydroxylation is 2. The third-order valence-corrected chi connectivity index (χ3v) is 5.94. The van der Waals surface area contributed by atoms with Gasteiger partial charge in [-0.15, -0.1) is 12.4 Å². The van der Waals surface area contributed by atoms with Crippen LogP contribution in [0.1, 0.15) is 38.4 Å². The molecule has 0 saturated heterocycles. The number of nitrogens with one attached hydrogen (secondary N) is 1. The summed E-state index contributed by atoms with van der Waals surface area (Å²) < 4.78 is 29.6.